The van der Waals surface area contributed by atoms with Crippen LogP contribution in [-0.2, 0) is 15.9 Å². The van der Waals surface area contributed by atoms with Crippen molar-refractivity contribution in [3.63, 3.8) is 0 Å². The average Bonchev–Trinajstić information content (AvgIpc) is 2.43. The van der Waals surface area contributed by atoms with Crippen LogP contribution in [0.15, 0.2) is 24.3 Å². The second-order valence-electron chi connectivity index (χ2n) is 4.56. The summed E-state index contributed by atoms with van der Waals surface area (Å²) in [6, 6.07) is 8.80. The Morgan fingerprint density at radius 3 is 3.00 bits per heavy atom. The van der Waals surface area contributed by atoms with Crippen LogP contribution in [0.1, 0.15) is 31.1 Å². The average molecular weight is 249 g/mol. The third-order valence-electron chi connectivity index (χ3n) is 3.36. The van der Waals surface area contributed by atoms with Gasteiger partial charge in [-0.05, 0) is 31.0 Å². The predicted molar refractivity (Wildman–Crippen MR) is 72.8 cm³/mol. The number of nitrogens with one attached hydrogen (secondary N) is 1. The maximum Gasteiger partial charge on any atom is 0.100 e. The third-order valence-corrected chi connectivity index (χ3v) is 3.36. The molecule has 0 amide bonds. The third kappa shape index (κ3) is 3.10. The Kier molecular flexibility index (Phi) is 5.17. The number of hydrogen-bond acceptors (Lipinski definition) is 3. The highest BCUT2D eigenvalue weighted by Crippen LogP contribution is 2.29. The first-order chi connectivity index (χ1) is 8.86. The van der Waals surface area contributed by atoms with E-state index in [0.29, 0.717) is 6.61 Å². The van der Waals surface area contributed by atoms with Gasteiger partial charge < -0.3 is 14.8 Å². The van der Waals surface area contributed by atoms with E-state index in [2.05, 4.69) is 36.5 Å². The summed E-state index contributed by atoms with van der Waals surface area (Å²) in [6.07, 6.45) is 1.13. The highest BCUT2D eigenvalue weighted by molar-refractivity contribution is 5.32. The van der Waals surface area contributed by atoms with E-state index in [9.17, 15) is 0 Å². The first-order valence-electron chi connectivity index (χ1n) is 6.87. The zero-order chi connectivity index (χ0) is 12.8. The lowest BCUT2D eigenvalue weighted by Crippen LogP contribution is -2.41. The minimum Gasteiger partial charge on any atom is -0.380 e. The lowest BCUT2D eigenvalue weighted by atomic mass is 9.93. The SMILES string of the molecule is CCNC(COCC)C1OCCc2ccccc21. The Morgan fingerprint density at radius 2 is 2.22 bits per heavy atom. The zero-order valence-electron chi connectivity index (χ0n) is 11.3. The van der Waals surface area contributed by atoms with Crippen molar-refractivity contribution in [2.24, 2.45) is 0 Å². The molecule has 3 heteroatoms. The molecule has 0 spiro atoms. The zero-order valence-corrected chi connectivity index (χ0v) is 11.3. The number of rotatable bonds is 6. The number of ether oxygens (including phenoxy) is 2. The number of fused-ring (bicyclic) bond motifs is 1. The molecular formula is C15H23NO2. The fourth-order valence-electron chi connectivity index (χ4n) is 2.52. The molecule has 3 nitrogen and oxygen atoms in total. The molecule has 0 saturated heterocycles. The van der Waals surface area contributed by atoms with E-state index in [1.807, 2.05) is 6.92 Å². The van der Waals surface area contributed by atoms with Crippen molar-refractivity contribution in [2.45, 2.75) is 32.4 Å². The topological polar surface area (TPSA) is 30.5 Å². The molecular weight excluding hydrogens is 226 g/mol. The van der Waals surface area contributed by atoms with Crippen molar-refractivity contribution in [1.29, 1.82) is 0 Å². The molecule has 0 radical (unpaired) electrons. The van der Waals surface area contributed by atoms with E-state index in [1.54, 1.807) is 0 Å². The standard InChI is InChI=1S/C15H23NO2/c1-3-16-14(11-17-4-2)15-13-8-6-5-7-12(13)9-10-18-15/h5-8,14-16H,3-4,9-11H2,1-2H3. The minimum absolute atomic E-state index is 0.112. The van der Waals surface area contributed by atoms with E-state index < -0.39 is 0 Å². The van der Waals surface area contributed by atoms with E-state index in [0.717, 1.165) is 26.2 Å². The van der Waals surface area contributed by atoms with Gasteiger partial charge in [0.15, 0.2) is 0 Å². The quantitative estimate of drug-likeness (QED) is 0.839. The molecule has 0 bridgehead atoms. The summed E-state index contributed by atoms with van der Waals surface area (Å²) in [7, 11) is 0. The molecule has 0 fully saturated rings. The van der Waals surface area contributed by atoms with E-state index in [-0.39, 0.29) is 12.1 Å². The molecule has 1 N–H and O–H groups in total. The predicted octanol–water partition coefficient (Wildman–Crippen LogP) is 2.32. The van der Waals surface area contributed by atoms with Crippen LogP contribution in [0, 0.1) is 0 Å². The van der Waals surface area contributed by atoms with Gasteiger partial charge in [-0.15, -0.1) is 0 Å². The summed E-state index contributed by atoms with van der Waals surface area (Å²) in [4.78, 5) is 0. The largest absolute Gasteiger partial charge is 0.380 e. The molecule has 100 valence electrons. The molecule has 1 heterocycles. The maximum atomic E-state index is 5.97. The molecule has 0 aliphatic carbocycles. The molecule has 0 aromatic heterocycles. The molecule has 1 aliphatic heterocycles. The van der Waals surface area contributed by atoms with Gasteiger partial charge in [0.05, 0.1) is 19.3 Å². The normalized spacial score (nSPS) is 20.4. The highest BCUT2D eigenvalue weighted by Gasteiger charge is 2.28. The molecule has 2 atom stereocenters. The molecule has 18 heavy (non-hydrogen) atoms. The van der Waals surface area contributed by atoms with Crippen molar-refractivity contribution in [1.82, 2.24) is 5.32 Å². The Hall–Kier alpha value is -0.900. The van der Waals surface area contributed by atoms with Gasteiger partial charge >= 0.3 is 0 Å². The molecule has 1 aliphatic rings. The lowest BCUT2D eigenvalue weighted by Gasteiger charge is -2.32. The molecule has 1 aromatic rings. The monoisotopic (exact) mass is 249 g/mol. The van der Waals surface area contributed by atoms with Crippen molar-refractivity contribution in [2.75, 3.05) is 26.4 Å². The van der Waals surface area contributed by atoms with Crippen LogP contribution in [-0.4, -0.2) is 32.4 Å². The minimum atomic E-state index is 0.112. The van der Waals surface area contributed by atoms with Gasteiger partial charge in [0, 0.05) is 6.61 Å². The summed E-state index contributed by atoms with van der Waals surface area (Å²) in [5.41, 5.74) is 2.72. The first kappa shape index (κ1) is 13.5. The smallest absolute Gasteiger partial charge is 0.100 e. The van der Waals surface area contributed by atoms with E-state index >= 15 is 0 Å². The summed E-state index contributed by atoms with van der Waals surface area (Å²) in [5.74, 6) is 0. The van der Waals surface area contributed by atoms with E-state index in [4.69, 9.17) is 9.47 Å². The first-order valence-corrected chi connectivity index (χ1v) is 6.87. The molecule has 2 rings (SSSR count). The van der Waals surface area contributed by atoms with Crippen molar-refractivity contribution < 1.29 is 9.47 Å². The second kappa shape index (κ2) is 6.88. The van der Waals surface area contributed by atoms with Crippen LogP contribution in [0.3, 0.4) is 0 Å². The van der Waals surface area contributed by atoms with Crippen LogP contribution >= 0.6 is 0 Å². The molecule has 2 unspecified atom stereocenters. The number of hydrogen-bond donors (Lipinski definition) is 1. The van der Waals surface area contributed by atoms with Gasteiger partial charge in [0.2, 0.25) is 0 Å². The second-order valence-corrected chi connectivity index (χ2v) is 4.56. The van der Waals surface area contributed by atoms with Crippen molar-refractivity contribution in [3.05, 3.63) is 35.4 Å². The van der Waals surface area contributed by atoms with Crippen LogP contribution in [0.2, 0.25) is 0 Å². The Morgan fingerprint density at radius 1 is 1.39 bits per heavy atom. The van der Waals surface area contributed by atoms with Crippen LogP contribution in [0.4, 0.5) is 0 Å². The molecule has 0 saturated carbocycles. The van der Waals surface area contributed by atoms with Gasteiger partial charge in [0.25, 0.3) is 0 Å². The summed E-state index contributed by atoms with van der Waals surface area (Å²) in [5, 5.41) is 3.48. The fraction of sp³-hybridized carbons (Fsp3) is 0.600. The fourth-order valence-corrected chi connectivity index (χ4v) is 2.52. The van der Waals surface area contributed by atoms with Crippen molar-refractivity contribution >= 4 is 0 Å². The number of likely N-dealkylation sites (N-methyl/N-ethyl adjacent to an activating group) is 1. The summed E-state index contributed by atoms with van der Waals surface area (Å²) in [6.45, 7) is 7.32. The van der Waals surface area contributed by atoms with Gasteiger partial charge in [-0.1, -0.05) is 31.2 Å². The maximum absolute atomic E-state index is 5.97. The summed E-state index contributed by atoms with van der Waals surface area (Å²) >= 11 is 0. The summed E-state index contributed by atoms with van der Waals surface area (Å²) < 4.78 is 11.5. The van der Waals surface area contributed by atoms with E-state index in [1.165, 1.54) is 11.1 Å². The molecule has 1 aromatic carbocycles. The highest BCUT2D eigenvalue weighted by atomic mass is 16.5. The van der Waals surface area contributed by atoms with Gasteiger partial charge in [-0.25, -0.2) is 0 Å². The van der Waals surface area contributed by atoms with Crippen LogP contribution in [0.25, 0.3) is 0 Å². The van der Waals surface area contributed by atoms with Crippen molar-refractivity contribution in [3.8, 4) is 0 Å². The Bertz CT molecular complexity index is 367. The Labute approximate surface area is 109 Å². The van der Waals surface area contributed by atoms with Crippen LogP contribution in [0.5, 0.6) is 0 Å². The lowest BCUT2D eigenvalue weighted by molar-refractivity contribution is -0.0116. The Balaban J connectivity index is 2.15. The van der Waals surface area contributed by atoms with Gasteiger partial charge in [0.1, 0.15) is 6.10 Å². The van der Waals surface area contributed by atoms with Gasteiger partial charge in [-0.2, -0.15) is 0 Å². The van der Waals surface area contributed by atoms with Crippen LogP contribution < -0.4 is 5.32 Å². The number of benzene rings is 1. The van der Waals surface area contributed by atoms with Gasteiger partial charge in [-0.3, -0.25) is 0 Å².